The number of fused-ring (bicyclic) bond motifs is 1. The lowest BCUT2D eigenvalue weighted by Crippen LogP contribution is -2.42. The first-order valence-corrected chi connectivity index (χ1v) is 20.3. The molecule has 296 valence electrons. The van der Waals surface area contributed by atoms with Gasteiger partial charge in [0.25, 0.3) is 0 Å². The van der Waals surface area contributed by atoms with Crippen LogP contribution in [-0.2, 0) is 6.42 Å². The Morgan fingerprint density at radius 3 is 2.18 bits per heavy atom. The van der Waals surface area contributed by atoms with Crippen molar-refractivity contribution in [3.63, 3.8) is 0 Å². The Hall–Kier alpha value is -5.25. The Labute approximate surface area is 329 Å². The molecule has 3 aromatic rings. The van der Waals surface area contributed by atoms with Crippen LogP contribution in [0, 0.1) is 5.92 Å². The topological polar surface area (TPSA) is 144 Å². The molecule has 2 heterocycles. The summed E-state index contributed by atoms with van der Waals surface area (Å²) >= 11 is 0. The summed E-state index contributed by atoms with van der Waals surface area (Å²) in [4.78, 5) is 10.1. The van der Waals surface area contributed by atoms with Gasteiger partial charge in [-0.25, -0.2) is 0 Å². The van der Waals surface area contributed by atoms with E-state index in [4.69, 9.17) is 11.5 Å². The molecule has 1 aliphatic carbocycles. The van der Waals surface area contributed by atoms with Crippen molar-refractivity contribution in [1.29, 1.82) is 0 Å². The lowest BCUT2D eigenvalue weighted by molar-refractivity contribution is 0.378. The predicted molar refractivity (Wildman–Crippen MR) is 235 cm³/mol. The second kappa shape index (κ2) is 21.0. The fraction of sp³-hybridized carbons (Fsp3) is 0.444. The number of H-pyrrole nitrogens is 1. The number of benzene rings is 2. The highest BCUT2D eigenvalue weighted by Crippen LogP contribution is 2.29. The minimum atomic E-state index is -0.0652. The zero-order valence-corrected chi connectivity index (χ0v) is 33.0. The van der Waals surface area contributed by atoms with Crippen molar-refractivity contribution in [3.8, 4) is 0 Å². The van der Waals surface area contributed by atoms with E-state index < -0.39 is 0 Å². The molecule has 1 saturated heterocycles. The van der Waals surface area contributed by atoms with Crippen molar-refractivity contribution in [2.45, 2.75) is 89.1 Å². The van der Waals surface area contributed by atoms with Crippen molar-refractivity contribution in [2.24, 2.45) is 22.4 Å². The Bertz CT molecular complexity index is 1750. The summed E-state index contributed by atoms with van der Waals surface area (Å²) in [5.41, 5.74) is 20.4. The summed E-state index contributed by atoms with van der Waals surface area (Å²) < 4.78 is 0. The number of nitrogens with zero attached hydrogens (tertiary/aromatic N) is 2. The molecule has 1 saturated carbocycles. The van der Waals surface area contributed by atoms with E-state index in [2.05, 4.69) is 129 Å². The molecule has 55 heavy (non-hydrogen) atoms. The molecule has 2 aliphatic rings. The second-order valence-corrected chi connectivity index (χ2v) is 15.3. The van der Waals surface area contributed by atoms with Gasteiger partial charge in [-0.3, -0.25) is 4.99 Å². The van der Waals surface area contributed by atoms with Gasteiger partial charge in [0.1, 0.15) is 0 Å². The molecule has 2 fully saturated rings. The number of hydrogen-bond acceptors (Lipinski definition) is 7. The van der Waals surface area contributed by atoms with Gasteiger partial charge in [0.05, 0.1) is 25.2 Å². The van der Waals surface area contributed by atoms with Crippen LogP contribution in [0.3, 0.4) is 0 Å². The first-order chi connectivity index (χ1) is 26.7. The summed E-state index contributed by atoms with van der Waals surface area (Å²) in [5.74, 6) is 0.610. The maximum absolute atomic E-state index is 5.56. The van der Waals surface area contributed by atoms with E-state index in [9.17, 15) is 0 Å². The van der Waals surface area contributed by atoms with Crippen molar-refractivity contribution in [2.75, 3.05) is 42.9 Å². The van der Waals surface area contributed by atoms with Gasteiger partial charge in [0, 0.05) is 83.0 Å². The molecule has 1 aromatic heterocycles. The minimum Gasteiger partial charge on any atom is -0.382 e. The summed E-state index contributed by atoms with van der Waals surface area (Å²) in [7, 11) is 0. The van der Waals surface area contributed by atoms with Crippen LogP contribution < -0.4 is 43.0 Å². The van der Waals surface area contributed by atoms with Crippen molar-refractivity contribution in [1.82, 2.24) is 26.3 Å². The Morgan fingerprint density at radius 1 is 0.782 bits per heavy atom. The molecule has 10 heteroatoms. The van der Waals surface area contributed by atoms with Crippen molar-refractivity contribution < 1.29 is 0 Å². The first-order valence-electron chi connectivity index (χ1n) is 20.3. The van der Waals surface area contributed by atoms with E-state index in [1.54, 1.807) is 0 Å². The number of allylic oxidation sites excluding steroid dienone is 1. The summed E-state index contributed by atoms with van der Waals surface area (Å²) in [6.45, 7) is 26.0. The molecule has 0 radical (unpaired) electrons. The highest BCUT2D eigenvalue weighted by atomic mass is 15.1. The average Bonchev–Trinajstić information content (AvgIpc) is 3.61. The van der Waals surface area contributed by atoms with Gasteiger partial charge < -0.3 is 47.9 Å². The van der Waals surface area contributed by atoms with E-state index in [-0.39, 0.29) is 18.0 Å². The van der Waals surface area contributed by atoms with E-state index in [0.717, 1.165) is 78.5 Å². The summed E-state index contributed by atoms with van der Waals surface area (Å²) in [5, 5.41) is 19.2. The van der Waals surface area contributed by atoms with Gasteiger partial charge in [0.15, 0.2) is 5.96 Å². The number of guanidine groups is 1. The fourth-order valence-electron chi connectivity index (χ4n) is 7.72. The molecule has 10 N–H and O–H groups in total. The maximum atomic E-state index is 5.56. The molecule has 10 nitrogen and oxygen atoms in total. The number of aromatic amines is 1. The lowest BCUT2D eigenvalue weighted by atomic mass is 9.87. The standard InChI is InChI=1S/C45H66N10/c1-32(52-39-21-23-40(24-22-39)55-26-14-7-15-27-55)29-49-35(4)42(19-12-13-25-48-45(46)47)53-33(2)30-50-36(5)44(54-34(3)37-16-8-6-9-17-37)28-38-31-51-43-20-11-10-18-41(38)43/h10-11,18,20-24,31,37,42,44,49-54H,1-9,12-17,19,25-30H2,(H4,46,47,48). The third kappa shape index (κ3) is 12.9. The number of unbranched alkanes of at least 4 members (excludes halogenated alkanes) is 1. The van der Waals surface area contributed by atoms with Gasteiger partial charge >= 0.3 is 0 Å². The fourth-order valence-corrected chi connectivity index (χ4v) is 7.72. The van der Waals surface area contributed by atoms with E-state index >= 15 is 0 Å². The minimum absolute atomic E-state index is 0.0381. The number of aromatic nitrogens is 1. The van der Waals surface area contributed by atoms with Gasteiger partial charge in [0.2, 0.25) is 0 Å². The van der Waals surface area contributed by atoms with Gasteiger partial charge in [-0.1, -0.05) is 70.4 Å². The zero-order valence-electron chi connectivity index (χ0n) is 33.0. The van der Waals surface area contributed by atoms with E-state index in [1.165, 1.54) is 68.0 Å². The van der Waals surface area contributed by atoms with Crippen LogP contribution in [-0.4, -0.2) is 55.8 Å². The Kier molecular flexibility index (Phi) is 15.6. The summed E-state index contributed by atoms with van der Waals surface area (Å²) in [6.07, 6.45) is 15.5. The first kappa shape index (κ1) is 40.9. The monoisotopic (exact) mass is 747 g/mol. The third-order valence-electron chi connectivity index (χ3n) is 10.9. The van der Waals surface area contributed by atoms with Crippen molar-refractivity contribution >= 4 is 28.2 Å². The molecular weight excluding hydrogens is 681 g/mol. The molecule has 0 bridgehead atoms. The normalized spacial score (nSPS) is 15.7. The van der Waals surface area contributed by atoms with Crippen LogP contribution in [0.2, 0.25) is 0 Å². The molecule has 2 aromatic carbocycles. The van der Waals surface area contributed by atoms with Crippen molar-refractivity contribution in [3.05, 3.63) is 122 Å². The number of para-hydroxylation sites is 1. The van der Waals surface area contributed by atoms with Crippen LogP contribution in [0.25, 0.3) is 10.9 Å². The van der Waals surface area contributed by atoms with Crippen LogP contribution in [0.5, 0.6) is 0 Å². The quantitative estimate of drug-likeness (QED) is 0.0283. The highest BCUT2D eigenvalue weighted by Gasteiger charge is 2.22. The lowest BCUT2D eigenvalue weighted by Gasteiger charge is -2.30. The van der Waals surface area contributed by atoms with Gasteiger partial charge in [-0.15, -0.1) is 0 Å². The largest absolute Gasteiger partial charge is 0.382 e. The molecule has 5 rings (SSSR count). The van der Waals surface area contributed by atoms with Gasteiger partial charge in [-0.05, 0) is 93.2 Å². The van der Waals surface area contributed by atoms with Crippen LogP contribution >= 0.6 is 0 Å². The number of hydrogen-bond donors (Lipinski definition) is 8. The van der Waals surface area contributed by atoms with E-state index in [1.807, 2.05) is 0 Å². The third-order valence-corrected chi connectivity index (χ3v) is 10.9. The number of nitrogens with two attached hydrogens (primary N) is 2. The number of aliphatic imine (C=N–C) groups is 1. The SMILES string of the molecule is C=C(CNC(=C)C(CCCCN=C(N)N)NC(=C)CNC(=C)C(Cc1c[nH]c2ccccc12)NC(=C)C1CCCCC1)Nc1ccc(N2CCCCC2)cc1. The highest BCUT2D eigenvalue weighted by molar-refractivity contribution is 5.83. The molecular formula is C45H66N10. The molecule has 1 aliphatic heterocycles. The predicted octanol–water partition coefficient (Wildman–Crippen LogP) is 7.50. The van der Waals surface area contributed by atoms with E-state index in [0.29, 0.717) is 25.6 Å². The van der Waals surface area contributed by atoms with Crippen LogP contribution in [0.15, 0.2) is 121 Å². The van der Waals surface area contributed by atoms with Crippen LogP contribution in [0.1, 0.15) is 76.2 Å². The molecule has 0 spiro atoms. The average molecular weight is 747 g/mol. The number of anilines is 2. The number of piperidine rings is 1. The number of rotatable bonds is 23. The second-order valence-electron chi connectivity index (χ2n) is 15.3. The molecule has 2 atom stereocenters. The molecule has 0 amide bonds. The smallest absolute Gasteiger partial charge is 0.185 e. The Balaban J connectivity index is 1.16. The van der Waals surface area contributed by atoms with Gasteiger partial charge in [-0.2, -0.15) is 0 Å². The maximum Gasteiger partial charge on any atom is 0.185 e. The Morgan fingerprint density at radius 2 is 1.45 bits per heavy atom. The number of nitrogens with one attached hydrogen (secondary N) is 6. The summed E-state index contributed by atoms with van der Waals surface area (Å²) in [6, 6.07) is 17.0. The zero-order chi connectivity index (χ0) is 39.0. The van der Waals surface area contributed by atoms with Crippen LogP contribution in [0.4, 0.5) is 11.4 Å². The molecule has 2 unspecified atom stereocenters.